The first-order chi connectivity index (χ1) is 22.0. The molecule has 0 spiro atoms. The zero-order valence-electron chi connectivity index (χ0n) is 26.2. The van der Waals surface area contributed by atoms with Crippen LogP contribution in [-0.4, -0.2) is 143 Å². The molecule has 282 valence electrons. The maximum atomic E-state index is 13.6. The molecule has 10 nitrogen and oxygen atoms in total. The van der Waals surface area contributed by atoms with E-state index in [2.05, 4.69) is 0 Å². The molecule has 2 N–H and O–H groups in total. The summed E-state index contributed by atoms with van der Waals surface area (Å²) in [5, 5.41) is 17.7. The van der Waals surface area contributed by atoms with Crippen molar-refractivity contribution in [2.45, 2.75) is 82.7 Å². The number of aliphatic hydroxyl groups excluding tert-OH is 2. The predicted molar refractivity (Wildman–Crippen MR) is 146 cm³/mol. The van der Waals surface area contributed by atoms with Crippen molar-refractivity contribution in [3.05, 3.63) is 0 Å². The second-order valence-corrected chi connectivity index (χ2v) is 10.8. The number of nitrogens with zero attached hydrogens (tertiary/aromatic N) is 4. The second-order valence-electron chi connectivity index (χ2n) is 10.8. The molecule has 0 saturated heterocycles. The zero-order valence-corrected chi connectivity index (χ0v) is 26.2. The van der Waals surface area contributed by atoms with E-state index in [0.717, 1.165) is 0 Å². The van der Waals surface area contributed by atoms with Crippen molar-refractivity contribution in [1.82, 2.24) is 19.6 Å². The smallest absolute Gasteiger partial charge is 0.396 e. The number of halogens is 11. The van der Waals surface area contributed by atoms with Gasteiger partial charge in [-0.3, -0.25) is 19.2 Å². The second kappa shape index (κ2) is 20.5. The van der Waals surface area contributed by atoms with Gasteiger partial charge in [-0.1, -0.05) is 0 Å². The third kappa shape index (κ3) is 17.4. The number of rotatable bonds is 22. The van der Waals surface area contributed by atoms with Gasteiger partial charge in [0.2, 0.25) is 0 Å². The summed E-state index contributed by atoms with van der Waals surface area (Å²) < 4.78 is 145. The molecule has 0 aliphatic carbocycles. The number of aliphatic hydroxyl groups is 2. The molecule has 48 heavy (non-hydrogen) atoms. The zero-order chi connectivity index (χ0) is 37.3. The molecule has 0 atom stereocenters. The van der Waals surface area contributed by atoms with Gasteiger partial charge in [0, 0.05) is 72.5 Å². The number of carbonyl (C=O) groups excluding carboxylic acids is 4. The first-order valence-electron chi connectivity index (χ1n) is 15.0. The number of unbranched alkanes of at least 4 members (excludes halogenated alkanes) is 3. The van der Waals surface area contributed by atoms with E-state index in [-0.39, 0.29) is 48.6 Å². The average molecular weight is 727 g/mol. The van der Waals surface area contributed by atoms with Crippen LogP contribution < -0.4 is 0 Å². The van der Waals surface area contributed by atoms with E-state index in [1.54, 1.807) is 0 Å². The molecule has 0 aromatic rings. The number of hydrogen-bond donors (Lipinski definition) is 2. The van der Waals surface area contributed by atoms with Gasteiger partial charge in [-0.05, 0) is 51.4 Å². The summed E-state index contributed by atoms with van der Waals surface area (Å²) in [6.45, 7) is -5.24. The molecular formula is C27H41F11N4O6. The Morgan fingerprint density at radius 3 is 0.812 bits per heavy atom. The Morgan fingerprint density at radius 2 is 0.604 bits per heavy atom. The summed E-state index contributed by atoms with van der Waals surface area (Å²) in [5.74, 6) is -12.4. The highest BCUT2D eigenvalue weighted by atomic mass is 19.4. The van der Waals surface area contributed by atoms with Crippen molar-refractivity contribution in [3.8, 4) is 0 Å². The Balaban J connectivity index is 5.51. The highest BCUT2D eigenvalue weighted by Crippen LogP contribution is 2.23. The summed E-state index contributed by atoms with van der Waals surface area (Å²) in [5.41, 5.74) is 0. The first-order valence-corrected chi connectivity index (χ1v) is 15.0. The molecule has 0 fully saturated rings. The Hall–Kier alpha value is -2.97. The first kappa shape index (κ1) is 45.0. The van der Waals surface area contributed by atoms with Crippen molar-refractivity contribution in [3.63, 3.8) is 0 Å². The monoisotopic (exact) mass is 726 g/mol. The fraction of sp³-hybridized carbons (Fsp3) is 0.852. The standard InChI is InChI=1S/C27H41F11N4O6/c1-24(28,29)20(45)39(12-4-6-18-43)14-8-15-40(21(46)25(30,31)32)10-2-3-11-41(22(47)26(33,34)35)16-9-17-42(13-5-7-19-44)23(48)27(36,37)38/h43-44H,2-19H2,1H3. The highest BCUT2D eigenvalue weighted by molar-refractivity contribution is 5.83. The van der Waals surface area contributed by atoms with Crippen LogP contribution in [-0.2, 0) is 19.2 Å². The van der Waals surface area contributed by atoms with Crippen LogP contribution in [0.5, 0.6) is 0 Å². The van der Waals surface area contributed by atoms with E-state index in [9.17, 15) is 67.5 Å². The topological polar surface area (TPSA) is 122 Å². The molecule has 0 saturated carbocycles. The van der Waals surface area contributed by atoms with Crippen molar-refractivity contribution < 1.29 is 77.7 Å². The summed E-state index contributed by atoms with van der Waals surface area (Å²) in [6, 6.07) is 0. The minimum absolute atomic E-state index is 0.0316. The number of carbonyl (C=O) groups is 4. The van der Waals surface area contributed by atoms with E-state index >= 15 is 0 Å². The predicted octanol–water partition coefficient (Wildman–Crippen LogP) is 3.75. The van der Waals surface area contributed by atoms with Crippen molar-refractivity contribution in [1.29, 1.82) is 0 Å². The molecule has 21 heteroatoms. The van der Waals surface area contributed by atoms with Gasteiger partial charge in [-0.25, -0.2) is 0 Å². The molecule has 0 aromatic heterocycles. The maximum Gasteiger partial charge on any atom is 0.471 e. The number of amides is 4. The minimum Gasteiger partial charge on any atom is -0.396 e. The van der Waals surface area contributed by atoms with Gasteiger partial charge >= 0.3 is 42.2 Å². The van der Waals surface area contributed by atoms with E-state index < -0.39 is 126 Å². The SMILES string of the molecule is CC(F)(F)C(=O)N(CCCCO)CCCN(CCCCN(CCCN(CCCCO)C(=O)C(F)(F)F)C(=O)C(F)(F)F)C(=O)C(F)(F)F. The molecule has 0 aliphatic heterocycles. The molecule has 0 rings (SSSR count). The van der Waals surface area contributed by atoms with Crippen LogP contribution in [0.25, 0.3) is 0 Å². The quantitative estimate of drug-likeness (QED) is 0.130. The molecule has 0 radical (unpaired) electrons. The van der Waals surface area contributed by atoms with Gasteiger partial charge in [0.05, 0.1) is 0 Å². The lowest BCUT2D eigenvalue weighted by Gasteiger charge is -2.29. The molecule has 0 aliphatic rings. The minimum atomic E-state index is -5.42. The lowest BCUT2D eigenvalue weighted by molar-refractivity contribution is -0.187. The van der Waals surface area contributed by atoms with Gasteiger partial charge < -0.3 is 29.8 Å². The fourth-order valence-corrected chi connectivity index (χ4v) is 4.41. The lowest BCUT2D eigenvalue weighted by atomic mass is 10.2. The molecule has 0 bridgehead atoms. The van der Waals surface area contributed by atoms with Crippen LogP contribution in [0.3, 0.4) is 0 Å². The third-order valence-corrected chi connectivity index (χ3v) is 6.74. The fourth-order valence-electron chi connectivity index (χ4n) is 4.41. The van der Waals surface area contributed by atoms with Crippen LogP contribution in [0.15, 0.2) is 0 Å². The summed E-state index contributed by atoms with van der Waals surface area (Å²) in [6.07, 6.45) is -17.6. The van der Waals surface area contributed by atoms with E-state index in [0.29, 0.717) is 16.7 Å². The number of alkyl halides is 11. The van der Waals surface area contributed by atoms with Gasteiger partial charge in [-0.2, -0.15) is 48.3 Å². The largest absolute Gasteiger partial charge is 0.471 e. The maximum absolute atomic E-state index is 13.6. The van der Waals surface area contributed by atoms with Gasteiger partial charge in [-0.15, -0.1) is 0 Å². The molecule has 0 aromatic carbocycles. The molecule has 0 heterocycles. The van der Waals surface area contributed by atoms with Crippen LogP contribution in [0, 0.1) is 0 Å². The summed E-state index contributed by atoms with van der Waals surface area (Å²) >= 11 is 0. The molecular weight excluding hydrogens is 685 g/mol. The summed E-state index contributed by atoms with van der Waals surface area (Å²) in [7, 11) is 0. The summed E-state index contributed by atoms with van der Waals surface area (Å²) in [4.78, 5) is 49.1. The van der Waals surface area contributed by atoms with Crippen molar-refractivity contribution in [2.24, 2.45) is 0 Å². The van der Waals surface area contributed by atoms with Crippen LogP contribution in [0.2, 0.25) is 0 Å². The lowest BCUT2D eigenvalue weighted by Crippen LogP contribution is -2.46. The van der Waals surface area contributed by atoms with E-state index in [4.69, 9.17) is 10.2 Å². The van der Waals surface area contributed by atoms with Gasteiger partial charge in [0.15, 0.2) is 0 Å². The Kier molecular flexibility index (Phi) is 19.3. The Morgan fingerprint density at radius 1 is 0.396 bits per heavy atom. The van der Waals surface area contributed by atoms with Crippen molar-refractivity contribution in [2.75, 3.05) is 65.6 Å². The molecule has 0 unspecified atom stereocenters. The van der Waals surface area contributed by atoms with Crippen LogP contribution in [0.4, 0.5) is 48.3 Å². The number of hydrogen-bond acceptors (Lipinski definition) is 6. The van der Waals surface area contributed by atoms with E-state index in [1.807, 2.05) is 0 Å². The molecule has 4 amide bonds. The van der Waals surface area contributed by atoms with Crippen LogP contribution in [0.1, 0.15) is 58.3 Å². The average Bonchev–Trinajstić information content (AvgIpc) is 2.96. The van der Waals surface area contributed by atoms with Crippen LogP contribution >= 0.6 is 0 Å². The van der Waals surface area contributed by atoms with E-state index in [1.165, 1.54) is 0 Å². The Bertz CT molecular complexity index is 927. The Labute approximate surface area is 269 Å². The van der Waals surface area contributed by atoms with Crippen molar-refractivity contribution >= 4 is 23.6 Å². The third-order valence-electron chi connectivity index (χ3n) is 6.74. The van der Waals surface area contributed by atoms with Gasteiger partial charge in [0.25, 0.3) is 5.91 Å². The highest BCUT2D eigenvalue weighted by Gasteiger charge is 2.45. The van der Waals surface area contributed by atoms with Gasteiger partial charge in [0.1, 0.15) is 0 Å². The normalized spacial score (nSPS) is 12.5.